The summed E-state index contributed by atoms with van der Waals surface area (Å²) in [5.74, 6) is 0.294. The number of likely N-dealkylation sites (N-methyl/N-ethyl adjacent to an activating group) is 1. The Morgan fingerprint density at radius 3 is 2.90 bits per heavy atom. The maximum atomic E-state index is 14.4. The molecule has 0 radical (unpaired) electrons. The molecule has 1 aromatic carbocycles. The fourth-order valence-corrected chi connectivity index (χ4v) is 4.34. The second-order valence-corrected chi connectivity index (χ2v) is 7.85. The van der Waals surface area contributed by atoms with Gasteiger partial charge in [0.25, 0.3) is 11.8 Å². The van der Waals surface area contributed by atoms with E-state index in [1.165, 1.54) is 11.0 Å². The number of aromatic nitrogens is 5. The van der Waals surface area contributed by atoms with Crippen molar-refractivity contribution >= 4 is 17.6 Å². The van der Waals surface area contributed by atoms with Gasteiger partial charge in [-0.1, -0.05) is 18.2 Å². The van der Waals surface area contributed by atoms with Crippen molar-refractivity contribution in [3.05, 3.63) is 59.6 Å². The molecule has 1 N–H and O–H groups in total. The molecule has 160 valence electrons. The quantitative estimate of drug-likeness (QED) is 0.692. The third kappa shape index (κ3) is 3.37. The van der Waals surface area contributed by atoms with Gasteiger partial charge in [-0.05, 0) is 25.3 Å². The van der Waals surface area contributed by atoms with Crippen molar-refractivity contribution in [3.8, 4) is 0 Å². The average Bonchev–Trinajstić information content (AvgIpc) is 3.40. The van der Waals surface area contributed by atoms with Crippen molar-refractivity contribution in [2.24, 2.45) is 0 Å². The fraction of sp³-hybridized carbons (Fsp3) is 0.381. The lowest BCUT2D eigenvalue weighted by atomic mass is 9.97. The number of aryl methyl sites for hydroxylation is 2. The number of rotatable bonds is 3. The summed E-state index contributed by atoms with van der Waals surface area (Å²) in [6, 6.07) is 7.35. The minimum atomic E-state index is -0.706. The Balaban J connectivity index is 1.37. The van der Waals surface area contributed by atoms with Crippen LogP contribution in [0.25, 0.3) is 0 Å². The lowest BCUT2D eigenvalue weighted by molar-refractivity contribution is -0.120. The molecule has 0 spiro atoms. The molecule has 31 heavy (non-hydrogen) atoms. The third-order valence-corrected chi connectivity index (χ3v) is 5.94. The number of carbonyl (C=O) groups is 2. The molecule has 2 aromatic heterocycles. The Morgan fingerprint density at radius 1 is 1.23 bits per heavy atom. The number of amides is 2. The first-order chi connectivity index (χ1) is 15.0. The number of nitrogens with zero attached hydrogens (tertiary/aromatic N) is 6. The highest BCUT2D eigenvalue weighted by Gasteiger charge is 2.32. The van der Waals surface area contributed by atoms with Crippen LogP contribution in [0.4, 0.5) is 10.2 Å². The van der Waals surface area contributed by atoms with Crippen LogP contribution in [0.15, 0.2) is 36.5 Å². The van der Waals surface area contributed by atoms with Gasteiger partial charge in [-0.25, -0.2) is 18.7 Å². The summed E-state index contributed by atoms with van der Waals surface area (Å²) in [6.45, 7) is 0.506. The minimum Gasteiger partial charge on any atom is -0.337 e. The highest BCUT2D eigenvalue weighted by Crippen LogP contribution is 2.31. The molecular weight excluding hydrogens is 401 g/mol. The lowest BCUT2D eigenvalue weighted by Gasteiger charge is -2.24. The highest BCUT2D eigenvalue weighted by molar-refractivity contribution is 6.00. The number of benzene rings is 1. The number of fused-ring (bicyclic) bond motifs is 2. The Bertz CT molecular complexity index is 1150. The summed E-state index contributed by atoms with van der Waals surface area (Å²) in [4.78, 5) is 31.6. The molecule has 0 saturated carbocycles. The summed E-state index contributed by atoms with van der Waals surface area (Å²) in [5, 5.41) is 11.4. The maximum absolute atomic E-state index is 14.4. The van der Waals surface area contributed by atoms with Gasteiger partial charge in [-0.2, -0.15) is 5.10 Å². The highest BCUT2D eigenvalue weighted by atomic mass is 19.1. The van der Waals surface area contributed by atoms with Gasteiger partial charge in [0, 0.05) is 31.6 Å². The fourth-order valence-electron chi connectivity index (χ4n) is 4.34. The van der Waals surface area contributed by atoms with Crippen molar-refractivity contribution < 1.29 is 14.0 Å². The topological polar surface area (TPSA) is 97.9 Å². The van der Waals surface area contributed by atoms with E-state index < -0.39 is 11.9 Å². The number of halogens is 1. The van der Waals surface area contributed by atoms with Crippen molar-refractivity contribution in [3.63, 3.8) is 0 Å². The molecule has 5 rings (SSSR count). The SMILES string of the molecule is CN1C(=O)[C@@H](NC(=O)c2nc3n(n2)C(c2ccccc2F)CCC3)CCn2nccc21. The molecular formula is C21H22FN7O2. The molecule has 1 unspecified atom stereocenters. The monoisotopic (exact) mass is 423 g/mol. The zero-order valence-electron chi connectivity index (χ0n) is 17.0. The van der Waals surface area contributed by atoms with Crippen molar-refractivity contribution in [1.82, 2.24) is 29.9 Å². The van der Waals surface area contributed by atoms with Gasteiger partial charge >= 0.3 is 0 Å². The first kappa shape index (κ1) is 19.4. The number of anilines is 1. The molecule has 0 fully saturated rings. The van der Waals surface area contributed by atoms with Crippen LogP contribution in [-0.2, 0) is 17.8 Å². The van der Waals surface area contributed by atoms with E-state index in [9.17, 15) is 14.0 Å². The Morgan fingerprint density at radius 2 is 2.06 bits per heavy atom. The molecule has 2 amide bonds. The van der Waals surface area contributed by atoms with Crippen molar-refractivity contribution in [2.75, 3.05) is 11.9 Å². The van der Waals surface area contributed by atoms with Crippen molar-refractivity contribution in [2.45, 2.75) is 44.3 Å². The van der Waals surface area contributed by atoms with E-state index in [0.717, 1.165) is 12.8 Å². The van der Waals surface area contributed by atoms with Crippen LogP contribution in [0.5, 0.6) is 0 Å². The summed E-state index contributed by atoms with van der Waals surface area (Å²) >= 11 is 0. The average molecular weight is 423 g/mol. The predicted molar refractivity (Wildman–Crippen MR) is 109 cm³/mol. The molecule has 2 aliphatic rings. The van der Waals surface area contributed by atoms with E-state index in [4.69, 9.17) is 0 Å². The van der Waals surface area contributed by atoms with Crippen molar-refractivity contribution in [1.29, 1.82) is 0 Å². The molecule has 4 heterocycles. The summed E-state index contributed by atoms with van der Waals surface area (Å²) in [5.41, 5.74) is 0.537. The minimum absolute atomic E-state index is 0.00400. The van der Waals surface area contributed by atoms with Crippen LogP contribution in [-0.4, -0.2) is 49.4 Å². The van der Waals surface area contributed by atoms with E-state index in [1.54, 1.807) is 46.9 Å². The number of carbonyl (C=O) groups excluding carboxylic acids is 2. The van der Waals surface area contributed by atoms with Gasteiger partial charge in [0.05, 0.1) is 12.2 Å². The van der Waals surface area contributed by atoms with Gasteiger partial charge in [0.15, 0.2) is 0 Å². The van der Waals surface area contributed by atoms with Gasteiger partial charge in [0.2, 0.25) is 5.82 Å². The normalized spacial score (nSPS) is 20.7. The first-order valence-corrected chi connectivity index (χ1v) is 10.3. The second kappa shape index (κ2) is 7.60. The molecule has 0 bridgehead atoms. The summed E-state index contributed by atoms with van der Waals surface area (Å²) in [7, 11) is 1.66. The van der Waals surface area contributed by atoms with E-state index in [2.05, 4.69) is 20.5 Å². The summed E-state index contributed by atoms with van der Waals surface area (Å²) in [6.07, 6.45) is 4.27. The lowest BCUT2D eigenvalue weighted by Crippen LogP contribution is -2.47. The molecule has 2 aliphatic heterocycles. The Labute approximate surface area is 177 Å². The van der Waals surface area contributed by atoms with Crippen LogP contribution in [0.3, 0.4) is 0 Å². The zero-order valence-corrected chi connectivity index (χ0v) is 17.0. The predicted octanol–water partition coefficient (Wildman–Crippen LogP) is 1.70. The number of nitrogens with one attached hydrogen (secondary N) is 1. The Hall–Kier alpha value is -3.56. The second-order valence-electron chi connectivity index (χ2n) is 7.85. The smallest absolute Gasteiger partial charge is 0.291 e. The standard InChI is InChI=1S/C21H22FN7O2/c1-27-18-9-11-23-28(18)12-10-15(21(27)31)24-20(30)19-25-17-8-4-7-16(29(17)26-19)13-5-2-3-6-14(13)22/h2-3,5-6,9,11,15-16H,4,7-8,10,12H2,1H3,(H,24,30)/t15-,16?/m0/s1. The van der Waals surface area contributed by atoms with Gasteiger partial charge in [-0.3, -0.25) is 14.5 Å². The largest absolute Gasteiger partial charge is 0.337 e. The van der Waals surface area contributed by atoms with Gasteiger partial charge in [-0.15, -0.1) is 5.10 Å². The molecule has 9 nitrogen and oxygen atoms in total. The van der Waals surface area contributed by atoms with E-state index in [1.807, 2.05) is 0 Å². The maximum Gasteiger partial charge on any atom is 0.291 e. The van der Waals surface area contributed by atoms with Crippen LogP contribution in [0.1, 0.15) is 47.3 Å². The first-order valence-electron chi connectivity index (χ1n) is 10.3. The van der Waals surface area contributed by atoms with Crippen LogP contribution in [0, 0.1) is 5.82 Å². The summed E-state index contributed by atoms with van der Waals surface area (Å²) < 4.78 is 17.7. The van der Waals surface area contributed by atoms with Crippen LogP contribution in [0.2, 0.25) is 0 Å². The van der Waals surface area contributed by atoms with E-state index >= 15 is 0 Å². The molecule has 10 heteroatoms. The van der Waals surface area contributed by atoms with Crippen LogP contribution < -0.4 is 10.2 Å². The Kier molecular flexibility index (Phi) is 4.76. The van der Waals surface area contributed by atoms with E-state index in [-0.39, 0.29) is 23.6 Å². The molecule has 2 atom stereocenters. The van der Waals surface area contributed by atoms with E-state index in [0.29, 0.717) is 36.6 Å². The molecule has 3 aromatic rings. The molecule has 0 saturated heterocycles. The zero-order chi connectivity index (χ0) is 21.5. The van der Waals surface area contributed by atoms with Gasteiger partial charge in [0.1, 0.15) is 23.5 Å². The third-order valence-electron chi connectivity index (χ3n) is 5.94. The number of hydrogen-bond acceptors (Lipinski definition) is 5. The van der Waals surface area contributed by atoms with Crippen LogP contribution >= 0.6 is 0 Å². The molecule has 0 aliphatic carbocycles. The number of hydrogen-bond donors (Lipinski definition) is 1. The van der Waals surface area contributed by atoms with Gasteiger partial charge < -0.3 is 5.32 Å².